The van der Waals surface area contributed by atoms with E-state index in [1.807, 2.05) is 30.3 Å². The molecular weight excluding hydrogens is 753 g/mol. The summed E-state index contributed by atoms with van der Waals surface area (Å²) in [6.45, 7) is 6.03. The van der Waals surface area contributed by atoms with E-state index in [1.165, 1.54) is 23.4 Å². The number of ketones is 1. The van der Waals surface area contributed by atoms with Crippen LogP contribution in [-0.2, 0) is 50.9 Å². The predicted molar refractivity (Wildman–Crippen MR) is 211 cm³/mol. The Kier molecular flexibility index (Phi) is 14.4. The number of aromatic nitrogens is 4. The molecule has 2 heterocycles. The minimum atomic E-state index is -3.44. The molecule has 17 heteroatoms. The molecule has 0 saturated carbocycles. The molecule has 304 valence electrons. The number of fused-ring (bicyclic) bond motifs is 1. The highest BCUT2D eigenvalue weighted by Gasteiger charge is 2.39. The van der Waals surface area contributed by atoms with E-state index in [4.69, 9.17) is 14.0 Å². The third-order valence-corrected chi connectivity index (χ3v) is 11.3. The van der Waals surface area contributed by atoms with Gasteiger partial charge in [0.1, 0.15) is 37.1 Å². The minimum Gasteiger partial charge on any atom is -0.460 e. The molecule has 1 aromatic heterocycles. The third kappa shape index (κ3) is 11.6. The molecule has 0 spiro atoms. The average Bonchev–Trinajstić information content (AvgIpc) is 3.64. The van der Waals surface area contributed by atoms with Crippen LogP contribution in [0.25, 0.3) is 10.8 Å². The van der Waals surface area contributed by atoms with E-state index >= 15 is 0 Å². The second kappa shape index (κ2) is 19.2. The summed E-state index contributed by atoms with van der Waals surface area (Å²) in [5, 5.41) is 19.3. The van der Waals surface area contributed by atoms with Gasteiger partial charge in [-0.1, -0.05) is 54.6 Å². The van der Waals surface area contributed by atoms with Crippen molar-refractivity contribution in [2.75, 3.05) is 26.9 Å². The molecule has 2 N–H and O–H groups in total. The summed E-state index contributed by atoms with van der Waals surface area (Å²) >= 11 is 0. The molecule has 1 unspecified atom stereocenters. The third-order valence-electron chi connectivity index (χ3n) is 9.41. The average molecular weight is 804 g/mol. The Morgan fingerprint density at radius 2 is 1.65 bits per heavy atom. The van der Waals surface area contributed by atoms with E-state index in [-0.39, 0.29) is 32.5 Å². The van der Waals surface area contributed by atoms with Gasteiger partial charge in [-0.25, -0.2) is 4.68 Å². The first-order valence-corrected chi connectivity index (χ1v) is 20.9. The van der Waals surface area contributed by atoms with Crippen LogP contribution in [0.1, 0.15) is 69.1 Å². The number of aryl methyl sites for hydroxylation is 1. The van der Waals surface area contributed by atoms with Gasteiger partial charge in [0.25, 0.3) is 5.91 Å². The number of piperidine rings is 1. The van der Waals surface area contributed by atoms with Gasteiger partial charge in [0.15, 0.2) is 11.6 Å². The van der Waals surface area contributed by atoms with Crippen LogP contribution in [0.15, 0.2) is 72.8 Å². The molecule has 1 saturated heterocycles. The maximum absolute atomic E-state index is 14.6. The maximum Gasteiger partial charge on any atom is 0.308 e. The van der Waals surface area contributed by atoms with Crippen LogP contribution in [0, 0.1) is 0 Å². The van der Waals surface area contributed by atoms with Gasteiger partial charge in [-0.05, 0) is 85.9 Å². The molecule has 5 rings (SSSR count). The predicted octanol–water partition coefficient (Wildman–Crippen LogP) is 3.58. The Balaban J connectivity index is 1.38. The lowest BCUT2D eigenvalue weighted by molar-refractivity contribution is -0.157. The molecule has 4 atom stereocenters. The summed E-state index contributed by atoms with van der Waals surface area (Å²) < 4.78 is 31.1. The number of carbonyl (C=O) groups excluding carboxylic acids is 5. The number of amides is 3. The van der Waals surface area contributed by atoms with Crippen LogP contribution < -0.4 is 15.9 Å². The highest BCUT2D eigenvalue weighted by molar-refractivity contribution is 7.66. The number of esters is 1. The summed E-state index contributed by atoms with van der Waals surface area (Å²) in [5.41, 5.74) is -0.500. The smallest absolute Gasteiger partial charge is 0.308 e. The van der Waals surface area contributed by atoms with Crippen LogP contribution >= 0.6 is 7.37 Å². The van der Waals surface area contributed by atoms with Crippen molar-refractivity contribution >= 4 is 52.9 Å². The lowest BCUT2D eigenvalue weighted by atomic mass is 9.97. The van der Waals surface area contributed by atoms with Gasteiger partial charge in [-0.15, -0.1) is 5.10 Å². The summed E-state index contributed by atoms with van der Waals surface area (Å²) in [6, 6.07) is 17.6. The zero-order valence-electron chi connectivity index (χ0n) is 32.9. The van der Waals surface area contributed by atoms with Crippen LogP contribution in [0.2, 0.25) is 0 Å². The van der Waals surface area contributed by atoms with Gasteiger partial charge in [-0.2, -0.15) is 0 Å². The molecule has 0 aliphatic carbocycles. The Labute approximate surface area is 331 Å². The summed E-state index contributed by atoms with van der Waals surface area (Å²) in [5.74, 6) is -2.68. The standard InChI is InChI=1S/C40H50N7O9P/c1-40(2,3)56-36(49)24-32(34(48)25-55-57(5,53)28-16-7-6-8-17-28)42-38(51)33-20-11-12-23-46(33)39(52)31(21-22-35-43-44-45-47(35)26-54-4)41-37(50)30-19-13-15-27-14-9-10-18-29(27)30/h6-10,13-19,31-33H,11-12,20-26H2,1-5H3,(H,41,50)(H,42,51)/t31-,32-,33-,57?/m0/s1. The number of carbonyl (C=O) groups is 5. The van der Waals surface area contributed by atoms with Crippen molar-refractivity contribution in [3.8, 4) is 0 Å². The second-order valence-corrected chi connectivity index (χ2v) is 17.4. The Morgan fingerprint density at radius 3 is 2.39 bits per heavy atom. The molecule has 1 aliphatic heterocycles. The van der Waals surface area contributed by atoms with Crippen molar-refractivity contribution in [1.82, 2.24) is 35.7 Å². The van der Waals surface area contributed by atoms with Crippen molar-refractivity contribution in [2.45, 2.75) is 89.8 Å². The first kappa shape index (κ1) is 42.8. The number of benzene rings is 3. The van der Waals surface area contributed by atoms with E-state index in [0.717, 1.165) is 5.39 Å². The molecule has 1 fully saturated rings. The van der Waals surface area contributed by atoms with Gasteiger partial charge in [-0.3, -0.25) is 28.5 Å². The Morgan fingerprint density at radius 1 is 0.930 bits per heavy atom. The number of nitrogens with one attached hydrogen (secondary N) is 2. The molecule has 1 aliphatic rings. The van der Waals surface area contributed by atoms with Crippen molar-refractivity contribution in [3.05, 3.63) is 84.2 Å². The summed E-state index contributed by atoms with van der Waals surface area (Å²) in [6.07, 6.45) is 1.19. The number of likely N-dealkylation sites (tertiary alicyclic amines) is 1. The van der Waals surface area contributed by atoms with Crippen LogP contribution in [0.5, 0.6) is 0 Å². The van der Waals surface area contributed by atoms with Gasteiger partial charge < -0.3 is 29.5 Å². The molecule has 4 aromatic rings. The fourth-order valence-corrected chi connectivity index (χ4v) is 7.84. The minimum absolute atomic E-state index is 0.0773. The summed E-state index contributed by atoms with van der Waals surface area (Å²) in [4.78, 5) is 70.7. The molecule has 57 heavy (non-hydrogen) atoms. The fraction of sp³-hybridized carbons (Fsp3) is 0.450. The number of hydrogen-bond donors (Lipinski definition) is 2. The van der Waals surface area contributed by atoms with Crippen LogP contribution in [0.3, 0.4) is 0 Å². The number of methoxy groups -OCH3 is 1. The van der Waals surface area contributed by atoms with Crippen molar-refractivity contribution in [2.24, 2.45) is 0 Å². The molecular formula is C40H50N7O9P. The zero-order chi connectivity index (χ0) is 41.2. The topological polar surface area (TPSA) is 201 Å². The van der Waals surface area contributed by atoms with Crippen molar-refractivity contribution in [1.29, 1.82) is 0 Å². The number of tetrazole rings is 1. The van der Waals surface area contributed by atoms with Crippen LogP contribution in [0.4, 0.5) is 0 Å². The van der Waals surface area contributed by atoms with E-state index in [0.29, 0.717) is 34.9 Å². The first-order chi connectivity index (χ1) is 27.2. The van der Waals surface area contributed by atoms with Gasteiger partial charge in [0.2, 0.25) is 19.2 Å². The molecule has 0 radical (unpaired) electrons. The quantitative estimate of drug-likeness (QED) is 0.116. The highest BCUT2D eigenvalue weighted by atomic mass is 31.2. The Bertz CT molecular complexity index is 2100. The van der Waals surface area contributed by atoms with Crippen molar-refractivity contribution < 1.29 is 42.5 Å². The van der Waals surface area contributed by atoms with E-state index in [2.05, 4.69) is 26.2 Å². The maximum atomic E-state index is 14.6. The normalized spacial score (nSPS) is 16.6. The van der Waals surface area contributed by atoms with E-state index < -0.39 is 73.6 Å². The fourth-order valence-electron chi connectivity index (χ4n) is 6.61. The van der Waals surface area contributed by atoms with Crippen LogP contribution in [-0.4, -0.2) is 105 Å². The largest absolute Gasteiger partial charge is 0.460 e. The molecule has 3 aromatic carbocycles. The van der Waals surface area contributed by atoms with Gasteiger partial charge >= 0.3 is 5.97 Å². The van der Waals surface area contributed by atoms with Gasteiger partial charge in [0.05, 0.1) is 6.42 Å². The highest BCUT2D eigenvalue weighted by Crippen LogP contribution is 2.41. The molecule has 0 bridgehead atoms. The van der Waals surface area contributed by atoms with E-state index in [9.17, 15) is 28.5 Å². The number of rotatable bonds is 17. The number of Topliss-reactive ketones (excluding diaryl/α,β-unsaturated/α-hetero) is 1. The molecule has 16 nitrogen and oxygen atoms in total. The molecule has 3 amide bonds. The lowest BCUT2D eigenvalue weighted by Crippen LogP contribution is -2.59. The summed E-state index contributed by atoms with van der Waals surface area (Å²) in [7, 11) is -1.94. The lowest BCUT2D eigenvalue weighted by Gasteiger charge is -2.37. The SMILES string of the molecule is COCn1nnnc1CC[C@H](NC(=O)c1cccc2ccccc12)C(=O)N1CCCC[C@H]1C(=O)N[C@@H](CC(=O)OC(C)(C)C)C(=O)COP(C)(=O)c1ccccc1. The van der Waals surface area contributed by atoms with Gasteiger partial charge in [0, 0.05) is 37.6 Å². The first-order valence-electron chi connectivity index (χ1n) is 18.8. The number of hydrogen-bond acceptors (Lipinski definition) is 12. The monoisotopic (exact) mass is 803 g/mol. The Hall–Kier alpha value is -5.31. The second-order valence-electron chi connectivity index (χ2n) is 14.9. The number of nitrogens with zero attached hydrogens (tertiary/aromatic N) is 5. The zero-order valence-corrected chi connectivity index (χ0v) is 33.8. The van der Waals surface area contributed by atoms with Crippen molar-refractivity contribution in [3.63, 3.8) is 0 Å². The number of ether oxygens (including phenoxy) is 2. The van der Waals surface area contributed by atoms with E-state index in [1.54, 1.807) is 63.2 Å².